The molecule has 0 aliphatic heterocycles. The molecule has 0 atom stereocenters. The first-order chi connectivity index (χ1) is 7.72. The van der Waals surface area contributed by atoms with Crippen molar-refractivity contribution in [2.75, 3.05) is 53.1 Å². The van der Waals surface area contributed by atoms with Crippen molar-refractivity contribution in [3.63, 3.8) is 0 Å². The lowest BCUT2D eigenvalue weighted by atomic mass is 10.3. The van der Waals surface area contributed by atoms with Crippen LogP contribution in [0.3, 0.4) is 0 Å². The fourth-order valence-corrected chi connectivity index (χ4v) is 1.47. The highest BCUT2D eigenvalue weighted by Gasteiger charge is 2.07. The monoisotopic (exact) mass is 232 g/mol. The molecule has 0 aliphatic rings. The van der Waals surface area contributed by atoms with E-state index in [0.717, 1.165) is 46.0 Å². The zero-order valence-corrected chi connectivity index (χ0v) is 11.3. The summed E-state index contributed by atoms with van der Waals surface area (Å²) in [6.07, 6.45) is 0. The van der Waals surface area contributed by atoms with Gasteiger partial charge in [0.2, 0.25) is 0 Å². The van der Waals surface area contributed by atoms with Crippen LogP contribution in [0, 0.1) is 0 Å². The van der Waals surface area contributed by atoms with Crippen molar-refractivity contribution in [1.82, 2.24) is 10.2 Å². The molecule has 0 saturated heterocycles. The molecule has 0 radical (unpaired) electrons. The van der Waals surface area contributed by atoms with Crippen LogP contribution in [0.4, 0.5) is 0 Å². The number of nitrogens with one attached hydrogen (secondary N) is 1. The third-order valence-electron chi connectivity index (χ3n) is 2.52. The summed E-state index contributed by atoms with van der Waals surface area (Å²) >= 11 is 0. The summed E-state index contributed by atoms with van der Waals surface area (Å²) in [5.41, 5.74) is 0. The maximum atomic E-state index is 5.26. The van der Waals surface area contributed by atoms with Crippen molar-refractivity contribution in [3.8, 4) is 0 Å². The molecule has 4 heteroatoms. The van der Waals surface area contributed by atoms with Gasteiger partial charge >= 0.3 is 0 Å². The SMILES string of the molecule is CCOCCNCCN(CCOC)C(C)C. The molecule has 0 unspecified atom stereocenters. The van der Waals surface area contributed by atoms with Crippen LogP contribution in [0.25, 0.3) is 0 Å². The summed E-state index contributed by atoms with van der Waals surface area (Å²) in [7, 11) is 1.75. The minimum atomic E-state index is 0.573. The Morgan fingerprint density at radius 1 is 1.12 bits per heavy atom. The first kappa shape index (κ1) is 15.8. The van der Waals surface area contributed by atoms with Crippen molar-refractivity contribution in [2.45, 2.75) is 26.8 Å². The van der Waals surface area contributed by atoms with Gasteiger partial charge in [0.05, 0.1) is 13.2 Å². The molecular weight excluding hydrogens is 204 g/mol. The molecule has 0 aromatic heterocycles. The molecule has 0 saturated carbocycles. The highest BCUT2D eigenvalue weighted by atomic mass is 16.5. The molecule has 1 N–H and O–H groups in total. The molecule has 0 heterocycles. The van der Waals surface area contributed by atoms with E-state index >= 15 is 0 Å². The summed E-state index contributed by atoms with van der Waals surface area (Å²) in [5, 5.41) is 3.37. The lowest BCUT2D eigenvalue weighted by Gasteiger charge is -2.26. The number of ether oxygens (including phenoxy) is 2. The fraction of sp³-hybridized carbons (Fsp3) is 1.00. The Bertz CT molecular complexity index is 143. The summed E-state index contributed by atoms with van der Waals surface area (Å²) in [6, 6.07) is 0.573. The molecule has 0 bridgehead atoms. The molecule has 0 amide bonds. The number of hydrogen-bond acceptors (Lipinski definition) is 4. The third kappa shape index (κ3) is 9.09. The minimum Gasteiger partial charge on any atom is -0.383 e. The van der Waals surface area contributed by atoms with Crippen LogP contribution in [-0.4, -0.2) is 64.1 Å². The van der Waals surface area contributed by atoms with Gasteiger partial charge in [-0.05, 0) is 20.8 Å². The minimum absolute atomic E-state index is 0.573. The van der Waals surface area contributed by atoms with Gasteiger partial charge in [0.15, 0.2) is 0 Å². The van der Waals surface area contributed by atoms with Crippen LogP contribution < -0.4 is 5.32 Å². The molecule has 16 heavy (non-hydrogen) atoms. The first-order valence-electron chi connectivity index (χ1n) is 6.23. The largest absolute Gasteiger partial charge is 0.383 e. The highest BCUT2D eigenvalue weighted by molar-refractivity contribution is 4.63. The molecule has 0 aromatic carbocycles. The van der Waals surface area contributed by atoms with Gasteiger partial charge in [-0.1, -0.05) is 0 Å². The molecule has 0 spiro atoms. The predicted molar refractivity (Wildman–Crippen MR) is 67.9 cm³/mol. The average Bonchev–Trinajstić information content (AvgIpc) is 2.26. The number of hydrogen-bond donors (Lipinski definition) is 1. The normalized spacial score (nSPS) is 11.6. The average molecular weight is 232 g/mol. The number of nitrogens with zero attached hydrogens (tertiary/aromatic N) is 1. The maximum Gasteiger partial charge on any atom is 0.0590 e. The third-order valence-corrected chi connectivity index (χ3v) is 2.52. The van der Waals surface area contributed by atoms with E-state index in [2.05, 4.69) is 24.1 Å². The summed E-state index contributed by atoms with van der Waals surface area (Å²) in [6.45, 7) is 12.9. The van der Waals surface area contributed by atoms with Crippen molar-refractivity contribution >= 4 is 0 Å². The second kappa shape index (κ2) is 11.3. The highest BCUT2D eigenvalue weighted by Crippen LogP contribution is 1.96. The lowest BCUT2D eigenvalue weighted by molar-refractivity contribution is 0.126. The Balaban J connectivity index is 3.44. The van der Waals surface area contributed by atoms with Crippen LogP contribution in [-0.2, 0) is 9.47 Å². The predicted octanol–water partition coefficient (Wildman–Crippen LogP) is 0.969. The number of methoxy groups -OCH3 is 1. The summed E-state index contributed by atoms with van der Waals surface area (Å²) in [4.78, 5) is 2.41. The van der Waals surface area contributed by atoms with Gasteiger partial charge in [0.25, 0.3) is 0 Å². The van der Waals surface area contributed by atoms with E-state index in [0.29, 0.717) is 6.04 Å². The Hall–Kier alpha value is -0.160. The van der Waals surface area contributed by atoms with E-state index in [4.69, 9.17) is 9.47 Å². The second-order valence-corrected chi connectivity index (χ2v) is 4.07. The van der Waals surface area contributed by atoms with Crippen LogP contribution in [0.2, 0.25) is 0 Å². The van der Waals surface area contributed by atoms with Gasteiger partial charge in [-0.3, -0.25) is 4.90 Å². The molecule has 0 aromatic rings. The molecule has 0 fully saturated rings. The van der Waals surface area contributed by atoms with E-state index in [1.165, 1.54) is 0 Å². The van der Waals surface area contributed by atoms with Crippen LogP contribution in [0.5, 0.6) is 0 Å². The summed E-state index contributed by atoms with van der Waals surface area (Å²) in [5.74, 6) is 0. The van der Waals surface area contributed by atoms with Gasteiger partial charge in [0, 0.05) is 45.9 Å². The smallest absolute Gasteiger partial charge is 0.0590 e. The van der Waals surface area contributed by atoms with Gasteiger partial charge in [-0.25, -0.2) is 0 Å². The van der Waals surface area contributed by atoms with Crippen LogP contribution in [0.15, 0.2) is 0 Å². The van der Waals surface area contributed by atoms with E-state index in [-0.39, 0.29) is 0 Å². The van der Waals surface area contributed by atoms with Gasteiger partial charge < -0.3 is 14.8 Å². The quantitative estimate of drug-likeness (QED) is 0.538. The first-order valence-corrected chi connectivity index (χ1v) is 6.23. The molecule has 0 aliphatic carbocycles. The van der Waals surface area contributed by atoms with E-state index in [9.17, 15) is 0 Å². The Morgan fingerprint density at radius 2 is 1.88 bits per heavy atom. The van der Waals surface area contributed by atoms with Crippen LogP contribution in [0.1, 0.15) is 20.8 Å². The fourth-order valence-electron chi connectivity index (χ4n) is 1.47. The van der Waals surface area contributed by atoms with Crippen molar-refractivity contribution in [2.24, 2.45) is 0 Å². The molecular formula is C12H28N2O2. The van der Waals surface area contributed by atoms with E-state index in [1.54, 1.807) is 7.11 Å². The number of rotatable bonds is 11. The van der Waals surface area contributed by atoms with Gasteiger partial charge in [-0.2, -0.15) is 0 Å². The van der Waals surface area contributed by atoms with Gasteiger partial charge in [-0.15, -0.1) is 0 Å². The van der Waals surface area contributed by atoms with Crippen LogP contribution >= 0.6 is 0 Å². The van der Waals surface area contributed by atoms with Crippen molar-refractivity contribution in [1.29, 1.82) is 0 Å². The maximum absolute atomic E-state index is 5.26. The molecule has 98 valence electrons. The molecule has 4 nitrogen and oxygen atoms in total. The lowest BCUT2D eigenvalue weighted by Crippen LogP contribution is -2.39. The van der Waals surface area contributed by atoms with Crippen molar-refractivity contribution < 1.29 is 9.47 Å². The van der Waals surface area contributed by atoms with Crippen molar-refractivity contribution in [3.05, 3.63) is 0 Å². The van der Waals surface area contributed by atoms with E-state index < -0.39 is 0 Å². The topological polar surface area (TPSA) is 33.7 Å². The van der Waals surface area contributed by atoms with Gasteiger partial charge in [0.1, 0.15) is 0 Å². The zero-order valence-electron chi connectivity index (χ0n) is 11.3. The summed E-state index contributed by atoms with van der Waals surface area (Å²) < 4.78 is 10.4. The second-order valence-electron chi connectivity index (χ2n) is 4.07. The molecule has 0 rings (SSSR count). The Labute approximate surface area is 100 Å². The zero-order chi connectivity index (χ0) is 12.2. The Morgan fingerprint density at radius 3 is 2.44 bits per heavy atom. The Kier molecular flexibility index (Phi) is 11.2. The van der Waals surface area contributed by atoms with E-state index in [1.807, 2.05) is 6.92 Å². The standard InChI is InChI=1S/C12H28N2O2/c1-5-16-10-7-13-6-8-14(12(2)3)9-11-15-4/h12-13H,5-11H2,1-4H3.